The molecule has 1 unspecified atom stereocenters. The van der Waals surface area contributed by atoms with Gasteiger partial charge in [-0.2, -0.15) is 0 Å². The molecular weight excluding hydrogens is 290 g/mol. The lowest BCUT2D eigenvalue weighted by Gasteiger charge is -2.46. The van der Waals surface area contributed by atoms with Crippen molar-refractivity contribution in [2.75, 3.05) is 27.3 Å². The van der Waals surface area contributed by atoms with E-state index in [0.29, 0.717) is 17.9 Å². The van der Waals surface area contributed by atoms with Gasteiger partial charge in [0.25, 0.3) is 0 Å². The standard InChI is InChI=1S/C19H29NO3/c1-12(2)7-14-11-20-6-5-13-8-18(22-3)19(23-4)9-15(13)16(20)10-17(14)21/h8-9,12,14,16-17,21H,5-7,10-11H2,1-4H3/t14?,16-,17+/m0/s1. The molecular formula is C19H29NO3. The van der Waals surface area contributed by atoms with Crippen LogP contribution >= 0.6 is 0 Å². The summed E-state index contributed by atoms with van der Waals surface area (Å²) in [5, 5.41) is 10.6. The van der Waals surface area contributed by atoms with Crippen molar-refractivity contribution in [3.8, 4) is 11.5 Å². The Labute approximate surface area is 139 Å². The molecule has 1 aromatic carbocycles. The number of fused-ring (bicyclic) bond motifs is 3. The second-order valence-electron chi connectivity index (χ2n) is 7.36. The number of ether oxygens (including phenoxy) is 2. The fraction of sp³-hybridized carbons (Fsp3) is 0.684. The summed E-state index contributed by atoms with van der Waals surface area (Å²) in [6.45, 7) is 6.54. The number of benzene rings is 1. The van der Waals surface area contributed by atoms with E-state index in [1.54, 1.807) is 14.2 Å². The smallest absolute Gasteiger partial charge is 0.161 e. The SMILES string of the molecule is COc1cc2c(cc1OC)[C@@H]1C[C@@H](O)C(CC(C)C)CN1CC2. The summed E-state index contributed by atoms with van der Waals surface area (Å²) in [6.07, 6.45) is 2.75. The fourth-order valence-corrected chi connectivity index (χ4v) is 4.26. The molecule has 4 nitrogen and oxygen atoms in total. The topological polar surface area (TPSA) is 41.9 Å². The number of methoxy groups -OCH3 is 2. The lowest BCUT2D eigenvalue weighted by Crippen LogP contribution is -2.48. The van der Waals surface area contributed by atoms with Crippen molar-refractivity contribution in [3.05, 3.63) is 23.3 Å². The molecule has 2 aliphatic heterocycles. The number of hydrogen-bond donors (Lipinski definition) is 1. The first-order valence-corrected chi connectivity index (χ1v) is 8.70. The minimum Gasteiger partial charge on any atom is -0.493 e. The lowest BCUT2D eigenvalue weighted by atomic mass is 9.79. The van der Waals surface area contributed by atoms with Gasteiger partial charge in [0.1, 0.15) is 0 Å². The molecule has 2 aliphatic rings. The van der Waals surface area contributed by atoms with E-state index in [2.05, 4.69) is 30.9 Å². The zero-order valence-corrected chi connectivity index (χ0v) is 14.7. The van der Waals surface area contributed by atoms with E-state index in [0.717, 1.165) is 43.9 Å². The van der Waals surface area contributed by atoms with Gasteiger partial charge in [0.2, 0.25) is 0 Å². The molecule has 1 N–H and O–H groups in total. The van der Waals surface area contributed by atoms with E-state index < -0.39 is 0 Å². The van der Waals surface area contributed by atoms with Crippen LogP contribution in [-0.2, 0) is 6.42 Å². The van der Waals surface area contributed by atoms with E-state index in [1.807, 2.05) is 0 Å². The van der Waals surface area contributed by atoms with Crippen LogP contribution in [-0.4, -0.2) is 43.4 Å². The second kappa shape index (κ2) is 6.70. The number of nitrogens with zero attached hydrogens (tertiary/aromatic N) is 1. The van der Waals surface area contributed by atoms with Crippen molar-refractivity contribution < 1.29 is 14.6 Å². The third-order valence-electron chi connectivity index (χ3n) is 5.37. The third-order valence-corrected chi connectivity index (χ3v) is 5.37. The number of hydrogen-bond acceptors (Lipinski definition) is 4. The summed E-state index contributed by atoms with van der Waals surface area (Å²) in [5.41, 5.74) is 2.63. The molecule has 3 atom stereocenters. The van der Waals surface area contributed by atoms with Crippen LogP contribution in [0.15, 0.2) is 12.1 Å². The molecule has 0 spiro atoms. The highest BCUT2D eigenvalue weighted by Crippen LogP contribution is 2.43. The van der Waals surface area contributed by atoms with Gasteiger partial charge in [-0.1, -0.05) is 13.8 Å². The van der Waals surface area contributed by atoms with Crippen molar-refractivity contribution in [3.63, 3.8) is 0 Å². The first kappa shape index (κ1) is 16.6. The van der Waals surface area contributed by atoms with E-state index in [1.165, 1.54) is 11.1 Å². The summed E-state index contributed by atoms with van der Waals surface area (Å²) >= 11 is 0. The first-order valence-electron chi connectivity index (χ1n) is 8.70. The average molecular weight is 319 g/mol. The van der Waals surface area contributed by atoms with Crippen LogP contribution in [0.1, 0.15) is 43.9 Å². The molecule has 0 bridgehead atoms. The molecule has 0 aromatic heterocycles. The molecule has 1 fully saturated rings. The molecule has 2 heterocycles. The Hall–Kier alpha value is -1.26. The van der Waals surface area contributed by atoms with E-state index in [4.69, 9.17) is 9.47 Å². The predicted molar refractivity (Wildman–Crippen MR) is 91.1 cm³/mol. The predicted octanol–water partition coefficient (Wildman–Crippen LogP) is 3.03. The normalized spacial score (nSPS) is 27.5. The second-order valence-corrected chi connectivity index (χ2v) is 7.36. The summed E-state index contributed by atoms with van der Waals surface area (Å²) < 4.78 is 10.9. The van der Waals surface area contributed by atoms with Crippen LogP contribution < -0.4 is 9.47 Å². The molecule has 3 rings (SSSR count). The Balaban J connectivity index is 1.87. The van der Waals surface area contributed by atoms with Crippen molar-refractivity contribution in [1.29, 1.82) is 0 Å². The molecule has 1 aromatic rings. The van der Waals surface area contributed by atoms with Gasteiger partial charge >= 0.3 is 0 Å². The Morgan fingerprint density at radius 3 is 2.57 bits per heavy atom. The third kappa shape index (κ3) is 3.20. The molecule has 1 saturated heterocycles. The molecule has 0 saturated carbocycles. The monoisotopic (exact) mass is 319 g/mol. The zero-order valence-electron chi connectivity index (χ0n) is 14.7. The molecule has 128 valence electrons. The van der Waals surface area contributed by atoms with Crippen molar-refractivity contribution in [1.82, 2.24) is 4.90 Å². The molecule has 4 heteroatoms. The Bertz CT molecular complexity index is 558. The highest BCUT2D eigenvalue weighted by Gasteiger charge is 2.38. The maximum atomic E-state index is 10.6. The molecule has 23 heavy (non-hydrogen) atoms. The largest absolute Gasteiger partial charge is 0.493 e. The minimum atomic E-state index is -0.210. The van der Waals surface area contributed by atoms with Crippen LogP contribution in [0, 0.1) is 11.8 Å². The van der Waals surface area contributed by atoms with Crippen LogP contribution in [0.3, 0.4) is 0 Å². The van der Waals surface area contributed by atoms with Gasteiger partial charge in [0.05, 0.1) is 20.3 Å². The van der Waals surface area contributed by atoms with Gasteiger partial charge < -0.3 is 14.6 Å². The Morgan fingerprint density at radius 1 is 1.22 bits per heavy atom. The minimum absolute atomic E-state index is 0.210. The van der Waals surface area contributed by atoms with Gasteiger partial charge in [-0.05, 0) is 54.4 Å². The summed E-state index contributed by atoms with van der Waals surface area (Å²) in [7, 11) is 3.36. The molecule has 0 amide bonds. The molecule has 0 radical (unpaired) electrons. The lowest BCUT2D eigenvalue weighted by molar-refractivity contribution is -0.0191. The Morgan fingerprint density at radius 2 is 1.91 bits per heavy atom. The van der Waals surface area contributed by atoms with E-state index in [-0.39, 0.29) is 6.10 Å². The van der Waals surface area contributed by atoms with E-state index >= 15 is 0 Å². The van der Waals surface area contributed by atoms with Gasteiger partial charge in [0.15, 0.2) is 11.5 Å². The van der Waals surface area contributed by atoms with E-state index in [9.17, 15) is 5.11 Å². The maximum Gasteiger partial charge on any atom is 0.161 e. The first-order chi connectivity index (χ1) is 11.0. The van der Waals surface area contributed by atoms with Crippen molar-refractivity contribution in [2.24, 2.45) is 11.8 Å². The average Bonchev–Trinajstić information content (AvgIpc) is 2.53. The van der Waals surface area contributed by atoms with Crippen molar-refractivity contribution >= 4 is 0 Å². The summed E-state index contributed by atoms with van der Waals surface area (Å²) in [5.74, 6) is 2.61. The zero-order chi connectivity index (χ0) is 16.6. The molecule has 0 aliphatic carbocycles. The summed E-state index contributed by atoms with van der Waals surface area (Å²) in [6, 6.07) is 4.52. The van der Waals surface area contributed by atoms with Crippen LogP contribution in [0.2, 0.25) is 0 Å². The fourth-order valence-electron chi connectivity index (χ4n) is 4.26. The van der Waals surface area contributed by atoms with Gasteiger partial charge in [0, 0.05) is 19.1 Å². The van der Waals surface area contributed by atoms with Gasteiger partial charge in [-0.3, -0.25) is 4.90 Å². The van der Waals surface area contributed by atoms with Gasteiger partial charge in [-0.25, -0.2) is 0 Å². The van der Waals surface area contributed by atoms with Gasteiger partial charge in [-0.15, -0.1) is 0 Å². The quantitative estimate of drug-likeness (QED) is 0.926. The maximum absolute atomic E-state index is 10.6. The van der Waals surface area contributed by atoms with Crippen LogP contribution in [0.25, 0.3) is 0 Å². The van der Waals surface area contributed by atoms with Crippen molar-refractivity contribution in [2.45, 2.75) is 45.3 Å². The van der Waals surface area contributed by atoms with Crippen LogP contribution in [0.5, 0.6) is 11.5 Å². The number of aliphatic hydroxyl groups excluding tert-OH is 1. The highest BCUT2D eigenvalue weighted by molar-refractivity contribution is 5.49. The summed E-state index contributed by atoms with van der Waals surface area (Å²) in [4.78, 5) is 2.55. The van der Waals surface area contributed by atoms with Crippen LogP contribution in [0.4, 0.5) is 0 Å². The number of piperidine rings is 1. The Kier molecular flexibility index (Phi) is 4.83. The number of aliphatic hydroxyl groups is 1. The number of rotatable bonds is 4. The highest BCUT2D eigenvalue weighted by atomic mass is 16.5.